The van der Waals surface area contributed by atoms with Gasteiger partial charge in [-0.3, -0.25) is 24.5 Å². The van der Waals surface area contributed by atoms with Crippen LogP contribution in [0.15, 0.2) is 65.0 Å². The highest BCUT2D eigenvalue weighted by atomic mass is 35.5. The summed E-state index contributed by atoms with van der Waals surface area (Å²) in [5.74, 6) is -0.361. The number of aromatic nitrogens is 3. The van der Waals surface area contributed by atoms with E-state index in [0.29, 0.717) is 32.8 Å². The standard InChI is InChI=1S/C22H17ClN4O2S/c1-13-5-7-16(10-14(13)2)27-11-15(6-8-19(27)28)21(29)26-22-25-18(12-30-22)20-17(23)4-3-9-24-20/h3-12H,1-2H3,(H,25,26,29). The third kappa shape index (κ3) is 4.03. The molecular weight excluding hydrogens is 420 g/mol. The van der Waals surface area contributed by atoms with Gasteiger partial charge in [0.25, 0.3) is 11.5 Å². The SMILES string of the molecule is Cc1ccc(-n2cc(C(=O)Nc3nc(-c4ncccc4Cl)cs3)ccc2=O)cc1C. The van der Waals surface area contributed by atoms with Gasteiger partial charge in [-0.1, -0.05) is 17.7 Å². The van der Waals surface area contributed by atoms with Crippen molar-refractivity contribution in [2.45, 2.75) is 13.8 Å². The molecule has 1 amide bonds. The van der Waals surface area contributed by atoms with Crippen LogP contribution in [0.5, 0.6) is 0 Å². The number of rotatable bonds is 4. The second kappa shape index (κ2) is 8.22. The average Bonchev–Trinajstić information content (AvgIpc) is 3.19. The summed E-state index contributed by atoms with van der Waals surface area (Å²) in [6, 6.07) is 12.1. The molecule has 4 aromatic rings. The number of hydrogen-bond donors (Lipinski definition) is 1. The van der Waals surface area contributed by atoms with E-state index in [4.69, 9.17) is 11.6 Å². The second-order valence-corrected chi connectivity index (χ2v) is 7.99. The minimum Gasteiger partial charge on any atom is -0.298 e. The highest BCUT2D eigenvalue weighted by Gasteiger charge is 2.14. The van der Waals surface area contributed by atoms with Gasteiger partial charge in [-0.15, -0.1) is 11.3 Å². The first-order valence-corrected chi connectivity index (χ1v) is 10.4. The molecular formula is C22H17ClN4O2S. The topological polar surface area (TPSA) is 76.9 Å². The van der Waals surface area contributed by atoms with Crippen LogP contribution in [0.4, 0.5) is 5.13 Å². The Kier molecular flexibility index (Phi) is 5.48. The molecule has 3 heterocycles. The van der Waals surface area contributed by atoms with Crippen LogP contribution < -0.4 is 10.9 Å². The van der Waals surface area contributed by atoms with Gasteiger partial charge in [0.2, 0.25) is 0 Å². The van der Waals surface area contributed by atoms with E-state index in [1.807, 2.05) is 32.0 Å². The smallest absolute Gasteiger partial charge is 0.258 e. The molecule has 0 radical (unpaired) electrons. The molecule has 0 atom stereocenters. The number of thiazole rings is 1. The summed E-state index contributed by atoms with van der Waals surface area (Å²) in [6.07, 6.45) is 3.17. The number of carbonyl (C=O) groups excluding carboxylic acids is 1. The Labute approximate surface area is 181 Å². The van der Waals surface area contributed by atoms with E-state index in [0.717, 1.165) is 11.1 Å². The van der Waals surface area contributed by atoms with Crippen LogP contribution in [-0.2, 0) is 0 Å². The fraction of sp³-hybridized carbons (Fsp3) is 0.0909. The molecule has 0 spiro atoms. The third-order valence-corrected chi connectivity index (χ3v) is 5.73. The van der Waals surface area contributed by atoms with Gasteiger partial charge >= 0.3 is 0 Å². The highest BCUT2D eigenvalue weighted by molar-refractivity contribution is 7.14. The summed E-state index contributed by atoms with van der Waals surface area (Å²) in [7, 11) is 0. The molecule has 0 unspecified atom stereocenters. The summed E-state index contributed by atoms with van der Waals surface area (Å²) in [6.45, 7) is 3.99. The predicted octanol–water partition coefficient (Wildman–Crippen LogP) is 4.88. The van der Waals surface area contributed by atoms with Gasteiger partial charge in [0.1, 0.15) is 11.4 Å². The number of carbonyl (C=O) groups is 1. The average molecular weight is 437 g/mol. The lowest BCUT2D eigenvalue weighted by atomic mass is 10.1. The Bertz CT molecular complexity index is 1310. The minimum atomic E-state index is -0.361. The Morgan fingerprint density at radius 2 is 1.97 bits per heavy atom. The molecule has 0 bridgehead atoms. The summed E-state index contributed by atoms with van der Waals surface area (Å²) >= 11 is 7.44. The third-order valence-electron chi connectivity index (χ3n) is 4.67. The lowest BCUT2D eigenvalue weighted by molar-refractivity contribution is 0.102. The molecule has 4 rings (SSSR count). The van der Waals surface area contributed by atoms with Gasteiger partial charge in [-0.25, -0.2) is 4.98 Å². The number of hydrogen-bond acceptors (Lipinski definition) is 5. The molecule has 1 aromatic carbocycles. The van der Waals surface area contributed by atoms with Crippen molar-refractivity contribution < 1.29 is 4.79 Å². The molecule has 30 heavy (non-hydrogen) atoms. The fourth-order valence-electron chi connectivity index (χ4n) is 2.88. The monoisotopic (exact) mass is 436 g/mol. The highest BCUT2D eigenvalue weighted by Crippen LogP contribution is 2.28. The fourth-order valence-corrected chi connectivity index (χ4v) is 3.79. The molecule has 0 aliphatic rings. The van der Waals surface area contributed by atoms with Crippen molar-refractivity contribution in [2.24, 2.45) is 0 Å². The van der Waals surface area contributed by atoms with Crippen LogP contribution >= 0.6 is 22.9 Å². The number of aryl methyl sites for hydroxylation is 2. The number of amides is 1. The van der Waals surface area contributed by atoms with E-state index < -0.39 is 0 Å². The van der Waals surface area contributed by atoms with E-state index in [9.17, 15) is 9.59 Å². The molecule has 8 heteroatoms. The van der Waals surface area contributed by atoms with E-state index in [-0.39, 0.29) is 11.5 Å². The molecule has 3 aromatic heterocycles. The van der Waals surface area contributed by atoms with Crippen molar-refractivity contribution in [2.75, 3.05) is 5.32 Å². The van der Waals surface area contributed by atoms with Crippen molar-refractivity contribution in [1.29, 1.82) is 0 Å². The van der Waals surface area contributed by atoms with Gasteiger partial charge in [0.15, 0.2) is 5.13 Å². The number of nitrogens with one attached hydrogen (secondary N) is 1. The number of benzene rings is 1. The van der Waals surface area contributed by atoms with Crippen LogP contribution in [0, 0.1) is 13.8 Å². The van der Waals surface area contributed by atoms with Crippen LogP contribution in [0.2, 0.25) is 5.02 Å². The number of halogens is 1. The van der Waals surface area contributed by atoms with Crippen molar-refractivity contribution in [1.82, 2.24) is 14.5 Å². The van der Waals surface area contributed by atoms with Crippen molar-refractivity contribution in [3.63, 3.8) is 0 Å². The molecule has 0 saturated carbocycles. The van der Waals surface area contributed by atoms with E-state index in [1.54, 1.807) is 23.7 Å². The van der Waals surface area contributed by atoms with Gasteiger partial charge in [-0.2, -0.15) is 0 Å². The van der Waals surface area contributed by atoms with Crippen LogP contribution in [0.1, 0.15) is 21.5 Å². The van der Waals surface area contributed by atoms with Crippen LogP contribution in [-0.4, -0.2) is 20.4 Å². The Hall–Kier alpha value is -3.29. The van der Waals surface area contributed by atoms with Gasteiger partial charge < -0.3 is 0 Å². The van der Waals surface area contributed by atoms with Crippen molar-refractivity contribution >= 4 is 34.0 Å². The summed E-state index contributed by atoms with van der Waals surface area (Å²) in [5, 5.41) is 5.45. The van der Waals surface area contributed by atoms with Crippen LogP contribution in [0.25, 0.3) is 17.1 Å². The molecule has 0 aliphatic heterocycles. The van der Waals surface area contributed by atoms with E-state index in [1.165, 1.54) is 34.2 Å². The lowest BCUT2D eigenvalue weighted by Gasteiger charge is -2.10. The number of nitrogens with zero attached hydrogens (tertiary/aromatic N) is 3. The Balaban J connectivity index is 1.60. The molecule has 0 aliphatic carbocycles. The molecule has 1 N–H and O–H groups in total. The van der Waals surface area contributed by atoms with Gasteiger partial charge in [-0.05, 0) is 55.3 Å². The number of pyridine rings is 2. The van der Waals surface area contributed by atoms with Crippen molar-refractivity contribution in [3.05, 3.63) is 92.3 Å². The number of anilines is 1. The normalized spacial score (nSPS) is 10.8. The summed E-state index contributed by atoms with van der Waals surface area (Å²) < 4.78 is 1.46. The largest absolute Gasteiger partial charge is 0.298 e. The van der Waals surface area contributed by atoms with Crippen LogP contribution in [0.3, 0.4) is 0 Å². The van der Waals surface area contributed by atoms with E-state index in [2.05, 4.69) is 15.3 Å². The zero-order valence-electron chi connectivity index (χ0n) is 16.2. The summed E-state index contributed by atoms with van der Waals surface area (Å²) in [4.78, 5) is 33.7. The van der Waals surface area contributed by atoms with E-state index >= 15 is 0 Å². The molecule has 0 fully saturated rings. The molecule has 0 saturated heterocycles. The predicted molar refractivity (Wildman–Crippen MR) is 120 cm³/mol. The van der Waals surface area contributed by atoms with Crippen molar-refractivity contribution in [3.8, 4) is 17.1 Å². The maximum Gasteiger partial charge on any atom is 0.258 e. The zero-order chi connectivity index (χ0) is 21.3. The summed E-state index contributed by atoms with van der Waals surface area (Å²) in [5.41, 5.74) is 4.18. The quantitative estimate of drug-likeness (QED) is 0.494. The minimum absolute atomic E-state index is 0.212. The zero-order valence-corrected chi connectivity index (χ0v) is 17.8. The first kappa shape index (κ1) is 20.0. The van der Waals surface area contributed by atoms with Gasteiger partial charge in [0, 0.05) is 29.5 Å². The first-order chi connectivity index (χ1) is 14.4. The maximum atomic E-state index is 12.7. The Morgan fingerprint density at radius 3 is 2.73 bits per heavy atom. The second-order valence-electron chi connectivity index (χ2n) is 6.72. The maximum absolute atomic E-state index is 12.7. The molecule has 6 nitrogen and oxygen atoms in total. The molecule has 150 valence electrons. The van der Waals surface area contributed by atoms with Gasteiger partial charge in [0.05, 0.1) is 10.6 Å². The Morgan fingerprint density at radius 1 is 1.13 bits per heavy atom. The first-order valence-electron chi connectivity index (χ1n) is 9.10. The lowest BCUT2D eigenvalue weighted by Crippen LogP contribution is -2.21.